The Morgan fingerprint density at radius 1 is 1.05 bits per heavy atom. The highest BCUT2D eigenvalue weighted by Gasteiger charge is 2.27. The molecule has 0 fully saturated rings. The molecule has 0 saturated heterocycles. The Labute approximate surface area is 128 Å². The zero-order valence-electron chi connectivity index (χ0n) is 13.7. The zero-order valence-corrected chi connectivity index (χ0v) is 13.7. The summed E-state index contributed by atoms with van der Waals surface area (Å²) >= 11 is 0. The molecular weight excluding hydrogens is 254 g/mol. The maximum Gasteiger partial charge on any atom is 0.0485 e. The van der Waals surface area contributed by atoms with Crippen LogP contribution >= 0.6 is 0 Å². The molecule has 1 heterocycles. The summed E-state index contributed by atoms with van der Waals surface area (Å²) in [5.41, 5.74) is 8.41. The molecule has 0 radical (unpaired) electrons. The Hall–Kier alpha value is -1.76. The number of rotatable bonds is 0. The molecule has 1 atom stereocenters. The van der Waals surface area contributed by atoms with Gasteiger partial charge in [-0.3, -0.25) is 0 Å². The van der Waals surface area contributed by atoms with Crippen LogP contribution in [0.3, 0.4) is 0 Å². The summed E-state index contributed by atoms with van der Waals surface area (Å²) < 4.78 is 0. The molecule has 0 amide bonds. The molecule has 0 saturated carbocycles. The smallest absolute Gasteiger partial charge is 0.0485 e. The fraction of sp³-hybridized carbons (Fsp3) is 0.400. The Bertz CT molecular complexity index is 682. The number of nitrogens with one attached hydrogen (secondary N) is 1. The molecule has 0 spiro atoms. The van der Waals surface area contributed by atoms with E-state index in [1.165, 1.54) is 33.5 Å². The maximum absolute atomic E-state index is 3.71. The molecule has 1 heteroatoms. The molecule has 0 unspecified atom stereocenters. The second-order valence-electron chi connectivity index (χ2n) is 7.16. The van der Waals surface area contributed by atoms with Crippen LogP contribution in [-0.4, -0.2) is 0 Å². The van der Waals surface area contributed by atoms with Crippen molar-refractivity contribution in [3.63, 3.8) is 0 Å². The molecule has 1 nitrogen and oxygen atoms in total. The lowest BCUT2D eigenvalue weighted by Crippen LogP contribution is -2.22. The van der Waals surface area contributed by atoms with E-state index in [9.17, 15) is 0 Å². The second-order valence-corrected chi connectivity index (χ2v) is 7.16. The third-order valence-corrected chi connectivity index (χ3v) is 4.78. The van der Waals surface area contributed by atoms with Crippen LogP contribution in [0.1, 0.15) is 54.6 Å². The number of aryl methyl sites for hydroxylation is 2. The summed E-state index contributed by atoms with van der Waals surface area (Å²) in [5.74, 6) is 0. The van der Waals surface area contributed by atoms with Crippen molar-refractivity contribution in [3.8, 4) is 0 Å². The fourth-order valence-corrected chi connectivity index (χ4v) is 3.38. The molecule has 2 bridgehead atoms. The average Bonchev–Trinajstić information content (AvgIpc) is 2.44. The highest BCUT2D eigenvalue weighted by Crippen LogP contribution is 2.38. The van der Waals surface area contributed by atoms with Crippen LogP contribution < -0.4 is 5.32 Å². The Morgan fingerprint density at radius 2 is 1.81 bits per heavy atom. The van der Waals surface area contributed by atoms with E-state index in [2.05, 4.69) is 76.3 Å². The lowest BCUT2D eigenvalue weighted by molar-refractivity contribution is 0.522. The van der Waals surface area contributed by atoms with Crippen molar-refractivity contribution in [1.29, 1.82) is 0 Å². The third-order valence-electron chi connectivity index (χ3n) is 4.78. The van der Waals surface area contributed by atoms with Gasteiger partial charge in [0.1, 0.15) is 0 Å². The first-order valence-electron chi connectivity index (χ1n) is 7.84. The minimum atomic E-state index is 0.127. The molecule has 0 aliphatic carbocycles. The minimum Gasteiger partial charge on any atom is -0.378 e. The van der Waals surface area contributed by atoms with Crippen molar-refractivity contribution in [2.45, 2.75) is 52.5 Å². The summed E-state index contributed by atoms with van der Waals surface area (Å²) in [7, 11) is 0. The summed E-state index contributed by atoms with van der Waals surface area (Å²) in [6.07, 6.45) is 1.08. The Morgan fingerprint density at radius 3 is 2.57 bits per heavy atom. The summed E-state index contributed by atoms with van der Waals surface area (Å²) in [4.78, 5) is 0. The van der Waals surface area contributed by atoms with Gasteiger partial charge in [-0.15, -0.1) is 0 Å². The Balaban J connectivity index is 2.21. The van der Waals surface area contributed by atoms with Crippen molar-refractivity contribution in [1.82, 2.24) is 0 Å². The number of benzene rings is 2. The Kier molecular flexibility index (Phi) is 3.32. The lowest BCUT2D eigenvalue weighted by atomic mass is 9.77. The first-order chi connectivity index (χ1) is 9.87. The van der Waals surface area contributed by atoms with E-state index in [4.69, 9.17) is 0 Å². The molecule has 1 aliphatic heterocycles. The van der Waals surface area contributed by atoms with Gasteiger partial charge in [0, 0.05) is 11.7 Å². The van der Waals surface area contributed by atoms with E-state index in [-0.39, 0.29) is 5.41 Å². The predicted octanol–water partition coefficient (Wildman–Crippen LogP) is 5.31. The summed E-state index contributed by atoms with van der Waals surface area (Å²) in [5, 5.41) is 3.71. The van der Waals surface area contributed by atoms with Crippen LogP contribution in [0.4, 0.5) is 5.69 Å². The summed E-state index contributed by atoms with van der Waals surface area (Å²) in [6.45, 7) is 11.4. The highest BCUT2D eigenvalue weighted by atomic mass is 14.9. The van der Waals surface area contributed by atoms with Crippen molar-refractivity contribution in [2.24, 2.45) is 0 Å². The van der Waals surface area contributed by atoms with Gasteiger partial charge in [-0.05, 0) is 60.9 Å². The molecular formula is C20H25N. The monoisotopic (exact) mass is 279 g/mol. The average molecular weight is 279 g/mol. The van der Waals surface area contributed by atoms with Crippen LogP contribution in [-0.2, 0) is 11.8 Å². The zero-order chi connectivity index (χ0) is 15.2. The maximum atomic E-state index is 3.71. The minimum absolute atomic E-state index is 0.127. The SMILES string of the molecule is Cc1ccc2c(c1)C(C)(C)Cc1cc(ccc1C)[C@H](C)N2. The van der Waals surface area contributed by atoms with Crippen molar-refractivity contribution in [3.05, 3.63) is 64.2 Å². The number of anilines is 1. The number of hydrogen-bond donors (Lipinski definition) is 1. The highest BCUT2D eigenvalue weighted by molar-refractivity contribution is 5.58. The van der Waals surface area contributed by atoms with Gasteiger partial charge < -0.3 is 5.32 Å². The van der Waals surface area contributed by atoms with Crippen LogP contribution in [0.25, 0.3) is 0 Å². The molecule has 0 aromatic heterocycles. The van der Waals surface area contributed by atoms with Crippen molar-refractivity contribution < 1.29 is 0 Å². The molecule has 110 valence electrons. The van der Waals surface area contributed by atoms with Gasteiger partial charge in [-0.2, -0.15) is 0 Å². The topological polar surface area (TPSA) is 12.0 Å². The fourth-order valence-electron chi connectivity index (χ4n) is 3.38. The second kappa shape index (κ2) is 4.91. The number of fused-ring (bicyclic) bond motifs is 3. The molecule has 1 aliphatic rings. The van der Waals surface area contributed by atoms with E-state index in [1.807, 2.05) is 0 Å². The normalized spacial score (nSPS) is 19.8. The van der Waals surface area contributed by atoms with E-state index >= 15 is 0 Å². The van der Waals surface area contributed by atoms with Crippen LogP contribution in [0.2, 0.25) is 0 Å². The van der Waals surface area contributed by atoms with Gasteiger partial charge in [0.15, 0.2) is 0 Å². The number of hydrogen-bond acceptors (Lipinski definition) is 1. The standard InChI is InChI=1S/C20H25N/c1-13-6-9-19-18(10-13)20(4,5)12-17-11-16(15(3)21-19)8-7-14(17)2/h6-11,15,21H,12H2,1-5H3/t15-/m0/s1. The molecule has 2 aromatic rings. The van der Waals surface area contributed by atoms with Gasteiger partial charge >= 0.3 is 0 Å². The van der Waals surface area contributed by atoms with Gasteiger partial charge in [-0.25, -0.2) is 0 Å². The van der Waals surface area contributed by atoms with E-state index in [1.54, 1.807) is 0 Å². The molecule has 3 rings (SSSR count). The van der Waals surface area contributed by atoms with Gasteiger partial charge in [0.2, 0.25) is 0 Å². The molecule has 1 N–H and O–H groups in total. The van der Waals surface area contributed by atoms with Crippen LogP contribution in [0, 0.1) is 13.8 Å². The largest absolute Gasteiger partial charge is 0.378 e. The molecule has 21 heavy (non-hydrogen) atoms. The van der Waals surface area contributed by atoms with Crippen molar-refractivity contribution in [2.75, 3.05) is 5.32 Å². The lowest BCUT2D eigenvalue weighted by Gasteiger charge is -2.29. The van der Waals surface area contributed by atoms with Gasteiger partial charge in [-0.1, -0.05) is 49.7 Å². The van der Waals surface area contributed by atoms with Crippen molar-refractivity contribution >= 4 is 5.69 Å². The predicted molar refractivity (Wildman–Crippen MR) is 91.1 cm³/mol. The molecule has 2 aromatic carbocycles. The van der Waals surface area contributed by atoms with Gasteiger partial charge in [0.25, 0.3) is 0 Å². The first kappa shape index (κ1) is 14.2. The van der Waals surface area contributed by atoms with Crippen LogP contribution in [0.5, 0.6) is 0 Å². The van der Waals surface area contributed by atoms with E-state index < -0.39 is 0 Å². The summed E-state index contributed by atoms with van der Waals surface area (Å²) in [6, 6.07) is 14.0. The van der Waals surface area contributed by atoms with Gasteiger partial charge in [0.05, 0.1) is 0 Å². The van der Waals surface area contributed by atoms with E-state index in [0.29, 0.717) is 6.04 Å². The first-order valence-corrected chi connectivity index (χ1v) is 7.84. The van der Waals surface area contributed by atoms with E-state index in [0.717, 1.165) is 6.42 Å². The van der Waals surface area contributed by atoms with Crippen LogP contribution in [0.15, 0.2) is 36.4 Å². The third kappa shape index (κ3) is 2.57. The quantitative estimate of drug-likeness (QED) is 0.689.